The van der Waals surface area contributed by atoms with Gasteiger partial charge in [0.15, 0.2) is 0 Å². The highest BCUT2D eigenvalue weighted by molar-refractivity contribution is 5.57. The van der Waals surface area contributed by atoms with Crippen molar-refractivity contribution in [2.24, 2.45) is 5.73 Å². The van der Waals surface area contributed by atoms with Gasteiger partial charge in [-0.05, 0) is 37.0 Å². The average Bonchev–Trinajstić information content (AvgIpc) is 2.11. The molecule has 2 N–H and O–H groups in total. The van der Waals surface area contributed by atoms with Crippen molar-refractivity contribution in [1.29, 1.82) is 0 Å². The molecule has 0 heterocycles. The summed E-state index contributed by atoms with van der Waals surface area (Å²) in [5.41, 5.74) is 9.17. The van der Waals surface area contributed by atoms with E-state index in [0.29, 0.717) is 6.42 Å². The van der Waals surface area contributed by atoms with Crippen molar-refractivity contribution >= 4 is 6.29 Å². The molecule has 1 unspecified atom stereocenters. The van der Waals surface area contributed by atoms with Gasteiger partial charge in [0.25, 0.3) is 0 Å². The third-order valence-electron chi connectivity index (χ3n) is 2.22. The number of carbonyl (C=O) groups is 1. The maximum absolute atomic E-state index is 10.3. The van der Waals surface area contributed by atoms with Gasteiger partial charge in [-0.1, -0.05) is 18.2 Å². The fraction of sp³-hybridized carbons (Fsp3) is 0.364. The van der Waals surface area contributed by atoms with E-state index in [-0.39, 0.29) is 6.04 Å². The molecule has 0 aliphatic carbocycles. The second kappa shape index (κ2) is 4.19. The zero-order valence-electron chi connectivity index (χ0n) is 8.08. The summed E-state index contributed by atoms with van der Waals surface area (Å²) in [6, 6.07) is 5.79. The molecule has 0 fully saturated rings. The summed E-state index contributed by atoms with van der Waals surface area (Å²) >= 11 is 0. The van der Waals surface area contributed by atoms with Crippen LogP contribution in [-0.2, 0) is 11.2 Å². The van der Waals surface area contributed by atoms with Crippen LogP contribution in [0.5, 0.6) is 0 Å². The van der Waals surface area contributed by atoms with Crippen LogP contribution < -0.4 is 5.73 Å². The number of carbonyl (C=O) groups excluding carboxylic acids is 1. The first-order valence-corrected chi connectivity index (χ1v) is 4.40. The molecule has 13 heavy (non-hydrogen) atoms. The lowest BCUT2D eigenvalue weighted by Crippen LogP contribution is -2.24. The molecule has 0 amide bonds. The lowest BCUT2D eigenvalue weighted by Gasteiger charge is -2.06. The molecule has 0 aliphatic rings. The highest BCUT2D eigenvalue weighted by Gasteiger charge is 2.02. The summed E-state index contributed by atoms with van der Waals surface area (Å²) in [6.07, 6.45) is 1.42. The van der Waals surface area contributed by atoms with E-state index in [4.69, 9.17) is 5.73 Å². The number of benzene rings is 1. The second-order valence-corrected chi connectivity index (χ2v) is 3.42. The van der Waals surface area contributed by atoms with Gasteiger partial charge >= 0.3 is 0 Å². The number of aldehydes is 1. The van der Waals surface area contributed by atoms with E-state index in [1.165, 1.54) is 11.1 Å². The molecule has 0 saturated carbocycles. The van der Waals surface area contributed by atoms with E-state index < -0.39 is 0 Å². The molecule has 2 heteroatoms. The minimum absolute atomic E-state index is 0.373. The van der Waals surface area contributed by atoms with E-state index in [9.17, 15) is 4.79 Å². The van der Waals surface area contributed by atoms with Crippen LogP contribution in [0.1, 0.15) is 16.7 Å². The maximum atomic E-state index is 10.3. The van der Waals surface area contributed by atoms with Gasteiger partial charge < -0.3 is 10.5 Å². The second-order valence-electron chi connectivity index (χ2n) is 3.42. The lowest BCUT2D eigenvalue weighted by molar-refractivity contribution is -0.108. The smallest absolute Gasteiger partial charge is 0.137 e. The zero-order valence-corrected chi connectivity index (χ0v) is 8.08. The molecule has 0 aromatic heterocycles. The van der Waals surface area contributed by atoms with Crippen LogP contribution in [0.15, 0.2) is 18.2 Å². The predicted octanol–water partition coefficient (Wildman–Crippen LogP) is 1.37. The van der Waals surface area contributed by atoms with Crippen molar-refractivity contribution in [2.75, 3.05) is 0 Å². The third-order valence-corrected chi connectivity index (χ3v) is 2.22. The summed E-state index contributed by atoms with van der Waals surface area (Å²) in [7, 11) is 0. The number of rotatable bonds is 3. The predicted molar refractivity (Wildman–Crippen MR) is 53.7 cm³/mol. The summed E-state index contributed by atoms with van der Waals surface area (Å²) in [4.78, 5) is 10.3. The zero-order chi connectivity index (χ0) is 9.84. The quantitative estimate of drug-likeness (QED) is 0.709. The molecule has 70 valence electrons. The average molecular weight is 177 g/mol. The largest absolute Gasteiger partial charge is 0.321 e. The summed E-state index contributed by atoms with van der Waals surface area (Å²) in [5, 5.41) is 0. The molecule has 0 bridgehead atoms. The normalized spacial score (nSPS) is 12.5. The van der Waals surface area contributed by atoms with Crippen LogP contribution in [0.3, 0.4) is 0 Å². The van der Waals surface area contributed by atoms with E-state index in [2.05, 4.69) is 26.0 Å². The molecule has 1 atom stereocenters. The van der Waals surface area contributed by atoms with Gasteiger partial charge in [-0.3, -0.25) is 0 Å². The third kappa shape index (κ3) is 2.67. The van der Waals surface area contributed by atoms with Crippen LogP contribution in [0.2, 0.25) is 0 Å². The molecular weight excluding hydrogens is 162 g/mol. The number of nitrogens with two attached hydrogens (primary N) is 1. The van der Waals surface area contributed by atoms with Crippen molar-refractivity contribution in [3.63, 3.8) is 0 Å². The molecule has 1 aromatic rings. The van der Waals surface area contributed by atoms with Crippen molar-refractivity contribution in [1.82, 2.24) is 0 Å². The van der Waals surface area contributed by atoms with Gasteiger partial charge in [-0.2, -0.15) is 0 Å². The first kappa shape index (κ1) is 9.93. The van der Waals surface area contributed by atoms with E-state index in [1.54, 1.807) is 0 Å². The van der Waals surface area contributed by atoms with Crippen molar-refractivity contribution < 1.29 is 4.79 Å². The van der Waals surface area contributed by atoms with Crippen molar-refractivity contribution in [3.05, 3.63) is 34.9 Å². The number of hydrogen-bond donors (Lipinski definition) is 1. The first-order chi connectivity index (χ1) is 6.13. The fourth-order valence-electron chi connectivity index (χ4n) is 1.25. The standard InChI is InChI=1S/C11H15NO/c1-8-3-4-10(5-9(8)2)6-11(12)7-13/h3-5,7,11H,6,12H2,1-2H3. The molecule has 0 aliphatic heterocycles. The molecule has 0 saturated heterocycles. The Labute approximate surface area is 78.8 Å². The molecule has 0 spiro atoms. The van der Waals surface area contributed by atoms with Gasteiger partial charge in [-0.15, -0.1) is 0 Å². The van der Waals surface area contributed by atoms with Crippen LogP contribution >= 0.6 is 0 Å². The molecule has 1 aromatic carbocycles. The summed E-state index contributed by atoms with van der Waals surface area (Å²) < 4.78 is 0. The van der Waals surface area contributed by atoms with Gasteiger partial charge in [0.2, 0.25) is 0 Å². The Balaban J connectivity index is 2.79. The summed E-state index contributed by atoms with van der Waals surface area (Å²) in [5.74, 6) is 0. The maximum Gasteiger partial charge on any atom is 0.137 e. The van der Waals surface area contributed by atoms with Crippen LogP contribution in [-0.4, -0.2) is 12.3 Å². The van der Waals surface area contributed by atoms with Crippen LogP contribution in [0, 0.1) is 13.8 Å². The van der Waals surface area contributed by atoms with E-state index in [0.717, 1.165) is 11.8 Å². The van der Waals surface area contributed by atoms with Gasteiger partial charge in [0.05, 0.1) is 6.04 Å². The van der Waals surface area contributed by atoms with Crippen LogP contribution in [0.25, 0.3) is 0 Å². The number of hydrogen-bond acceptors (Lipinski definition) is 2. The Bertz CT molecular complexity index is 307. The minimum atomic E-state index is -0.373. The lowest BCUT2D eigenvalue weighted by atomic mass is 10.0. The molecule has 1 rings (SSSR count). The highest BCUT2D eigenvalue weighted by atomic mass is 16.1. The topological polar surface area (TPSA) is 43.1 Å². The Morgan fingerprint density at radius 2 is 2.08 bits per heavy atom. The van der Waals surface area contributed by atoms with Gasteiger partial charge in [0.1, 0.15) is 6.29 Å². The SMILES string of the molecule is Cc1ccc(CC(N)C=O)cc1C. The van der Waals surface area contributed by atoms with Gasteiger partial charge in [0, 0.05) is 0 Å². The minimum Gasteiger partial charge on any atom is -0.321 e. The molecule has 0 radical (unpaired) electrons. The Kier molecular flexibility index (Phi) is 3.20. The van der Waals surface area contributed by atoms with Crippen LogP contribution in [0.4, 0.5) is 0 Å². The Morgan fingerprint density at radius 1 is 1.38 bits per heavy atom. The molecular formula is C11H15NO. The van der Waals surface area contributed by atoms with Gasteiger partial charge in [-0.25, -0.2) is 0 Å². The monoisotopic (exact) mass is 177 g/mol. The number of aryl methyl sites for hydroxylation is 2. The van der Waals surface area contributed by atoms with E-state index >= 15 is 0 Å². The Hall–Kier alpha value is -1.15. The fourth-order valence-corrected chi connectivity index (χ4v) is 1.25. The Morgan fingerprint density at radius 3 is 2.62 bits per heavy atom. The highest BCUT2D eigenvalue weighted by Crippen LogP contribution is 2.10. The summed E-state index contributed by atoms with van der Waals surface area (Å²) in [6.45, 7) is 4.13. The van der Waals surface area contributed by atoms with Crippen molar-refractivity contribution in [2.45, 2.75) is 26.3 Å². The van der Waals surface area contributed by atoms with Crippen molar-refractivity contribution in [3.8, 4) is 0 Å². The first-order valence-electron chi connectivity index (χ1n) is 4.40. The van der Waals surface area contributed by atoms with E-state index in [1.807, 2.05) is 6.07 Å². The molecule has 2 nitrogen and oxygen atoms in total.